The average Bonchev–Trinajstić information content (AvgIpc) is 3.19. The van der Waals surface area contributed by atoms with E-state index in [-0.39, 0.29) is 6.04 Å². The largest absolute Gasteiger partial charge is 0.373 e. The summed E-state index contributed by atoms with van der Waals surface area (Å²) in [5.74, 6) is -1.71. The number of rotatable bonds is 7. The summed E-state index contributed by atoms with van der Waals surface area (Å²) in [5, 5.41) is 8.59. The molecule has 144 valence electrons. The van der Waals surface area contributed by atoms with E-state index in [9.17, 15) is 8.78 Å². The summed E-state index contributed by atoms with van der Waals surface area (Å²) in [4.78, 5) is 0. The molecule has 0 amide bonds. The Hall–Kier alpha value is -1.96. The number of thiophene rings is 1. The summed E-state index contributed by atoms with van der Waals surface area (Å²) in [6.07, 6.45) is 2.30. The van der Waals surface area contributed by atoms with Gasteiger partial charge in [0.2, 0.25) is 0 Å². The van der Waals surface area contributed by atoms with Gasteiger partial charge in [-0.2, -0.15) is 5.10 Å². The molecule has 0 aliphatic carbocycles. The first-order valence-electron chi connectivity index (χ1n) is 8.65. The van der Waals surface area contributed by atoms with Crippen LogP contribution < -0.4 is 11.1 Å². The molecule has 1 atom stereocenters. The summed E-state index contributed by atoms with van der Waals surface area (Å²) in [6.45, 7) is 5.12. The van der Waals surface area contributed by atoms with Crippen molar-refractivity contribution in [1.82, 2.24) is 9.78 Å². The zero-order valence-corrected chi connectivity index (χ0v) is 16.7. The van der Waals surface area contributed by atoms with Gasteiger partial charge >= 0.3 is 0 Å². The van der Waals surface area contributed by atoms with Crippen LogP contribution in [0, 0.1) is 18.6 Å². The lowest BCUT2D eigenvalue weighted by Crippen LogP contribution is -2.30. The van der Waals surface area contributed by atoms with Crippen molar-refractivity contribution in [2.24, 2.45) is 5.73 Å². The molecule has 4 nitrogen and oxygen atoms in total. The van der Waals surface area contributed by atoms with Crippen LogP contribution in [0.15, 0.2) is 30.5 Å². The molecule has 0 saturated carbocycles. The zero-order chi connectivity index (χ0) is 19.6. The molecular formula is C19H21ClF2N4S. The Bertz CT molecular complexity index is 938. The lowest BCUT2D eigenvalue weighted by Gasteiger charge is -2.17. The van der Waals surface area contributed by atoms with Gasteiger partial charge in [0.15, 0.2) is 11.6 Å². The van der Waals surface area contributed by atoms with Crippen LogP contribution in [-0.4, -0.2) is 22.4 Å². The summed E-state index contributed by atoms with van der Waals surface area (Å²) in [5.41, 5.74) is 9.53. The molecule has 0 spiro atoms. The summed E-state index contributed by atoms with van der Waals surface area (Å²) in [6, 6.07) is 5.76. The van der Waals surface area contributed by atoms with E-state index in [1.807, 2.05) is 30.8 Å². The van der Waals surface area contributed by atoms with Crippen molar-refractivity contribution in [2.45, 2.75) is 32.9 Å². The molecule has 0 bridgehead atoms. The number of hydrogen-bond donors (Lipinski definition) is 2. The maximum absolute atomic E-state index is 13.4. The van der Waals surface area contributed by atoms with Gasteiger partial charge in [-0.1, -0.05) is 17.7 Å². The van der Waals surface area contributed by atoms with Crippen molar-refractivity contribution >= 4 is 27.9 Å². The maximum atomic E-state index is 13.4. The molecule has 0 aliphatic rings. The number of aryl methyl sites for hydroxylation is 2. The number of anilines is 1. The van der Waals surface area contributed by atoms with Gasteiger partial charge in [0.25, 0.3) is 0 Å². The first kappa shape index (κ1) is 19.8. The van der Waals surface area contributed by atoms with Crippen molar-refractivity contribution in [3.63, 3.8) is 0 Å². The van der Waals surface area contributed by atoms with Crippen molar-refractivity contribution in [3.05, 3.63) is 57.6 Å². The molecule has 0 saturated heterocycles. The summed E-state index contributed by atoms with van der Waals surface area (Å²) < 4.78 is 29.1. The maximum Gasteiger partial charge on any atom is 0.159 e. The second-order valence-corrected chi connectivity index (χ2v) is 7.97. The van der Waals surface area contributed by atoms with Crippen molar-refractivity contribution in [1.29, 1.82) is 0 Å². The Morgan fingerprint density at radius 3 is 2.74 bits per heavy atom. The number of nitrogens with two attached hydrogens (primary N) is 1. The second-order valence-electron chi connectivity index (χ2n) is 6.32. The van der Waals surface area contributed by atoms with Crippen LogP contribution >= 0.6 is 22.9 Å². The molecule has 0 radical (unpaired) electrons. The van der Waals surface area contributed by atoms with Crippen LogP contribution in [0.5, 0.6) is 0 Å². The summed E-state index contributed by atoms with van der Waals surface area (Å²) >= 11 is 7.90. The Labute approximate surface area is 166 Å². The van der Waals surface area contributed by atoms with Gasteiger partial charge in [-0.25, -0.2) is 8.78 Å². The Morgan fingerprint density at radius 1 is 1.30 bits per heavy atom. The van der Waals surface area contributed by atoms with Crippen LogP contribution in [0.2, 0.25) is 4.34 Å². The minimum absolute atomic E-state index is 0.130. The molecule has 3 rings (SSSR count). The lowest BCUT2D eigenvalue weighted by molar-refractivity contribution is 0.506. The van der Waals surface area contributed by atoms with E-state index in [4.69, 9.17) is 17.3 Å². The van der Waals surface area contributed by atoms with Crippen molar-refractivity contribution in [3.8, 4) is 11.3 Å². The third-order valence-corrected chi connectivity index (χ3v) is 5.65. The van der Waals surface area contributed by atoms with Crippen molar-refractivity contribution < 1.29 is 8.78 Å². The first-order valence-corrected chi connectivity index (χ1v) is 9.85. The minimum Gasteiger partial charge on any atom is -0.373 e. The number of hydrogen-bond acceptors (Lipinski definition) is 4. The Morgan fingerprint density at radius 2 is 2.07 bits per heavy atom. The van der Waals surface area contributed by atoms with Crippen LogP contribution in [-0.2, 0) is 13.0 Å². The Balaban J connectivity index is 1.80. The highest BCUT2D eigenvalue weighted by Crippen LogP contribution is 2.40. The molecule has 2 aromatic heterocycles. The number of nitrogens with zero attached hydrogens (tertiary/aromatic N) is 2. The van der Waals surface area contributed by atoms with E-state index >= 15 is 0 Å². The van der Waals surface area contributed by atoms with E-state index in [1.165, 1.54) is 17.4 Å². The van der Waals surface area contributed by atoms with Gasteiger partial charge in [0.1, 0.15) is 4.34 Å². The number of aromatic nitrogens is 2. The van der Waals surface area contributed by atoms with Gasteiger partial charge in [-0.05, 0) is 49.6 Å². The fourth-order valence-electron chi connectivity index (χ4n) is 3.02. The predicted molar refractivity (Wildman–Crippen MR) is 107 cm³/mol. The predicted octanol–water partition coefficient (Wildman–Crippen LogP) is 4.85. The van der Waals surface area contributed by atoms with Crippen LogP contribution in [0.25, 0.3) is 11.3 Å². The quantitative estimate of drug-likeness (QED) is 0.585. The first-order chi connectivity index (χ1) is 12.9. The lowest BCUT2D eigenvalue weighted by atomic mass is 10.1. The molecular weight excluding hydrogens is 390 g/mol. The molecule has 8 heteroatoms. The second kappa shape index (κ2) is 8.37. The fraction of sp³-hybridized carbons (Fsp3) is 0.316. The van der Waals surface area contributed by atoms with Crippen LogP contribution in [0.1, 0.15) is 18.1 Å². The van der Waals surface area contributed by atoms with Gasteiger partial charge < -0.3 is 11.1 Å². The van der Waals surface area contributed by atoms with Gasteiger partial charge in [0, 0.05) is 24.7 Å². The Kier molecular flexibility index (Phi) is 6.14. The third kappa shape index (κ3) is 4.31. The van der Waals surface area contributed by atoms with E-state index in [2.05, 4.69) is 10.4 Å². The normalized spacial score (nSPS) is 12.4. The highest BCUT2D eigenvalue weighted by molar-refractivity contribution is 7.20. The van der Waals surface area contributed by atoms with E-state index < -0.39 is 11.6 Å². The molecule has 0 aliphatic heterocycles. The zero-order valence-electron chi connectivity index (χ0n) is 15.1. The van der Waals surface area contributed by atoms with Crippen molar-refractivity contribution in [2.75, 3.05) is 11.9 Å². The van der Waals surface area contributed by atoms with Gasteiger partial charge in [-0.15, -0.1) is 11.3 Å². The molecule has 1 aromatic carbocycles. The van der Waals surface area contributed by atoms with E-state index in [0.29, 0.717) is 22.9 Å². The SMILES string of the molecule is CCn1ncc(C)c1-c1cc(N[C@H](CN)Cc2ccc(F)c(F)c2)sc1Cl. The van der Waals surface area contributed by atoms with Crippen LogP contribution in [0.4, 0.5) is 13.8 Å². The average molecular weight is 411 g/mol. The molecule has 2 heterocycles. The van der Waals surface area contributed by atoms with E-state index in [1.54, 1.807) is 6.07 Å². The third-order valence-electron chi connectivity index (χ3n) is 4.36. The molecule has 3 N–H and O–H groups in total. The molecule has 0 fully saturated rings. The summed E-state index contributed by atoms with van der Waals surface area (Å²) in [7, 11) is 0. The smallest absolute Gasteiger partial charge is 0.159 e. The number of halogens is 3. The van der Waals surface area contributed by atoms with E-state index in [0.717, 1.165) is 34.4 Å². The topological polar surface area (TPSA) is 55.9 Å². The van der Waals surface area contributed by atoms with Crippen LogP contribution in [0.3, 0.4) is 0 Å². The van der Waals surface area contributed by atoms with Gasteiger partial charge in [0.05, 0.1) is 16.9 Å². The minimum atomic E-state index is -0.854. The monoisotopic (exact) mass is 410 g/mol. The highest BCUT2D eigenvalue weighted by Gasteiger charge is 2.18. The number of nitrogens with one attached hydrogen (secondary N) is 1. The molecule has 0 unspecified atom stereocenters. The standard InChI is InChI=1S/C19H21ClF2N4S/c1-3-26-18(11(2)10-24-26)14-8-17(27-19(14)20)25-13(9-23)6-12-4-5-15(21)16(22)7-12/h4-5,7-8,10,13,25H,3,6,9,23H2,1-2H3/t13-/m0/s1. The number of benzene rings is 1. The molecule has 27 heavy (non-hydrogen) atoms. The highest BCUT2D eigenvalue weighted by atomic mass is 35.5. The fourth-order valence-corrected chi connectivity index (χ4v) is 4.27. The van der Waals surface area contributed by atoms with Gasteiger partial charge in [-0.3, -0.25) is 4.68 Å². The molecule has 3 aromatic rings.